The number of hydrogen-bond acceptors (Lipinski definition) is 4. The summed E-state index contributed by atoms with van der Waals surface area (Å²) < 4.78 is 10.2. The largest absolute Gasteiger partial charge is 0.484 e. The maximum atomic E-state index is 11.5. The summed E-state index contributed by atoms with van der Waals surface area (Å²) in [5, 5.41) is 9.66. The minimum atomic E-state index is -0.552. The number of carbonyl (C=O) groups is 1. The van der Waals surface area contributed by atoms with Crippen molar-refractivity contribution in [3.8, 4) is 5.75 Å². The van der Waals surface area contributed by atoms with E-state index < -0.39 is 6.09 Å². The molecule has 0 aliphatic carbocycles. The Morgan fingerprint density at radius 2 is 2.11 bits per heavy atom. The third-order valence-corrected chi connectivity index (χ3v) is 1.85. The predicted molar refractivity (Wildman–Crippen MR) is 69.1 cm³/mol. The summed E-state index contributed by atoms with van der Waals surface area (Å²) in [4.78, 5) is 11.5. The zero-order chi connectivity index (χ0) is 13.5. The van der Waals surface area contributed by atoms with Crippen LogP contribution in [-0.4, -0.2) is 24.6 Å². The molecule has 1 aromatic carbocycles. The minimum Gasteiger partial charge on any atom is -0.484 e. The Bertz CT molecular complexity index is 432. The molecule has 6 nitrogen and oxygen atoms in total. The Hall–Kier alpha value is -2.24. The lowest BCUT2D eigenvalue weighted by atomic mass is 10.3. The fourth-order valence-electron chi connectivity index (χ4n) is 1.20. The molecule has 1 rings (SSSR count). The molecular weight excluding hydrogens is 234 g/mol. The van der Waals surface area contributed by atoms with Crippen molar-refractivity contribution in [3.05, 3.63) is 24.3 Å². The number of benzene rings is 1. The Labute approximate surface area is 106 Å². The van der Waals surface area contributed by atoms with Crippen LogP contribution in [0.2, 0.25) is 0 Å². The number of carbonyl (C=O) groups excluding carboxylic acids is 1. The second kappa shape index (κ2) is 6.48. The highest BCUT2D eigenvalue weighted by Gasteiger charge is 2.09. The van der Waals surface area contributed by atoms with E-state index in [1.807, 2.05) is 0 Å². The lowest BCUT2D eigenvalue weighted by Crippen LogP contribution is -2.21. The average molecular weight is 251 g/mol. The van der Waals surface area contributed by atoms with Gasteiger partial charge in [-0.3, -0.25) is 10.7 Å². The average Bonchev–Trinajstić information content (AvgIpc) is 2.26. The first-order chi connectivity index (χ1) is 8.49. The first-order valence-corrected chi connectivity index (χ1v) is 5.51. The van der Waals surface area contributed by atoms with Gasteiger partial charge in [-0.15, -0.1) is 0 Å². The van der Waals surface area contributed by atoms with Crippen LogP contribution in [0.3, 0.4) is 0 Å². The van der Waals surface area contributed by atoms with Gasteiger partial charge in [-0.25, -0.2) is 4.79 Å². The molecule has 0 radical (unpaired) electrons. The van der Waals surface area contributed by atoms with Gasteiger partial charge in [0, 0.05) is 0 Å². The van der Waals surface area contributed by atoms with Gasteiger partial charge in [0.15, 0.2) is 0 Å². The molecule has 1 amide bonds. The first-order valence-electron chi connectivity index (χ1n) is 5.51. The van der Waals surface area contributed by atoms with Crippen LogP contribution in [0.25, 0.3) is 0 Å². The Morgan fingerprint density at radius 1 is 1.44 bits per heavy atom. The molecule has 1 aromatic rings. The van der Waals surface area contributed by atoms with Crippen molar-refractivity contribution < 1.29 is 14.3 Å². The molecule has 0 aliphatic heterocycles. The van der Waals surface area contributed by atoms with Crippen LogP contribution in [0.5, 0.6) is 5.75 Å². The number of rotatable bonds is 5. The molecule has 0 unspecified atom stereocenters. The van der Waals surface area contributed by atoms with Crippen LogP contribution in [0.1, 0.15) is 13.8 Å². The van der Waals surface area contributed by atoms with Gasteiger partial charge in [0.1, 0.15) is 18.2 Å². The fourth-order valence-corrected chi connectivity index (χ4v) is 1.20. The van der Waals surface area contributed by atoms with E-state index in [9.17, 15) is 4.79 Å². The standard InChI is InChI=1S/C12H17N3O3/c1-8(2)18-12(16)15-9-5-3-4-6-10(9)17-7-11(13)14/h3-6,8H,7H2,1-2H3,(H3,13,14)(H,15,16). The van der Waals surface area contributed by atoms with E-state index in [0.29, 0.717) is 11.4 Å². The molecule has 0 atom stereocenters. The van der Waals surface area contributed by atoms with E-state index in [0.717, 1.165) is 0 Å². The SMILES string of the molecule is CC(C)OC(=O)Nc1ccccc1OCC(=N)N. The second-order valence-electron chi connectivity index (χ2n) is 3.89. The highest BCUT2D eigenvalue weighted by molar-refractivity contribution is 5.87. The summed E-state index contributed by atoms with van der Waals surface area (Å²) in [6, 6.07) is 6.87. The molecule has 0 bridgehead atoms. The van der Waals surface area contributed by atoms with Crippen LogP contribution >= 0.6 is 0 Å². The van der Waals surface area contributed by atoms with Crippen LogP contribution < -0.4 is 15.8 Å². The summed E-state index contributed by atoms with van der Waals surface area (Å²) in [5.41, 5.74) is 5.68. The molecule has 0 aromatic heterocycles. The molecule has 98 valence electrons. The Kier molecular flexibility index (Phi) is 4.98. The summed E-state index contributed by atoms with van der Waals surface area (Å²) in [6.07, 6.45) is -0.751. The van der Waals surface area contributed by atoms with E-state index in [4.69, 9.17) is 20.6 Å². The highest BCUT2D eigenvalue weighted by Crippen LogP contribution is 2.23. The number of amides is 1. The molecule has 0 saturated heterocycles. The lowest BCUT2D eigenvalue weighted by Gasteiger charge is -2.13. The lowest BCUT2D eigenvalue weighted by molar-refractivity contribution is 0.130. The molecule has 4 N–H and O–H groups in total. The molecule has 0 aliphatic rings. The third-order valence-electron chi connectivity index (χ3n) is 1.85. The molecule has 0 fully saturated rings. The number of amidine groups is 1. The van der Waals surface area contributed by atoms with Gasteiger partial charge in [-0.1, -0.05) is 12.1 Å². The van der Waals surface area contributed by atoms with Crippen molar-refractivity contribution in [1.29, 1.82) is 5.41 Å². The quantitative estimate of drug-likeness (QED) is 0.550. The molecule has 6 heteroatoms. The van der Waals surface area contributed by atoms with Crippen LogP contribution in [0.15, 0.2) is 24.3 Å². The fraction of sp³-hybridized carbons (Fsp3) is 0.333. The number of nitrogens with one attached hydrogen (secondary N) is 2. The number of para-hydroxylation sites is 2. The van der Waals surface area contributed by atoms with Crippen molar-refractivity contribution in [2.24, 2.45) is 5.73 Å². The van der Waals surface area contributed by atoms with E-state index in [-0.39, 0.29) is 18.5 Å². The molecule has 0 heterocycles. The number of hydrogen-bond donors (Lipinski definition) is 3. The summed E-state index contributed by atoms with van der Waals surface area (Å²) >= 11 is 0. The first kappa shape index (κ1) is 13.8. The van der Waals surface area contributed by atoms with E-state index in [1.165, 1.54) is 0 Å². The van der Waals surface area contributed by atoms with E-state index >= 15 is 0 Å². The third kappa shape index (κ3) is 4.73. The smallest absolute Gasteiger partial charge is 0.411 e. The maximum Gasteiger partial charge on any atom is 0.411 e. The maximum absolute atomic E-state index is 11.5. The molecular formula is C12H17N3O3. The number of anilines is 1. The Morgan fingerprint density at radius 3 is 2.72 bits per heavy atom. The van der Waals surface area contributed by atoms with Crippen molar-refractivity contribution >= 4 is 17.6 Å². The van der Waals surface area contributed by atoms with Crippen LogP contribution in [0, 0.1) is 5.41 Å². The second-order valence-corrected chi connectivity index (χ2v) is 3.89. The van der Waals surface area contributed by atoms with Crippen molar-refractivity contribution in [3.63, 3.8) is 0 Å². The Balaban J connectivity index is 2.69. The van der Waals surface area contributed by atoms with Crippen LogP contribution in [-0.2, 0) is 4.74 Å². The summed E-state index contributed by atoms with van der Waals surface area (Å²) in [6.45, 7) is 3.49. The predicted octanol–water partition coefficient (Wildman–Crippen LogP) is 1.96. The van der Waals surface area contributed by atoms with Crippen molar-refractivity contribution in [1.82, 2.24) is 0 Å². The number of ether oxygens (including phenoxy) is 2. The topological polar surface area (TPSA) is 97.4 Å². The zero-order valence-corrected chi connectivity index (χ0v) is 10.4. The van der Waals surface area contributed by atoms with Gasteiger partial charge in [0.2, 0.25) is 0 Å². The van der Waals surface area contributed by atoms with E-state index in [1.54, 1.807) is 38.1 Å². The summed E-state index contributed by atoms with van der Waals surface area (Å²) in [5.74, 6) is 0.350. The van der Waals surface area contributed by atoms with Crippen LogP contribution in [0.4, 0.5) is 10.5 Å². The van der Waals surface area contributed by atoms with Crippen molar-refractivity contribution in [2.45, 2.75) is 20.0 Å². The molecule has 0 spiro atoms. The van der Waals surface area contributed by atoms with Gasteiger partial charge in [-0.05, 0) is 26.0 Å². The minimum absolute atomic E-state index is 0.0298. The highest BCUT2D eigenvalue weighted by atomic mass is 16.6. The zero-order valence-electron chi connectivity index (χ0n) is 10.4. The monoisotopic (exact) mass is 251 g/mol. The van der Waals surface area contributed by atoms with Gasteiger partial charge in [0.05, 0.1) is 11.8 Å². The normalized spacial score (nSPS) is 9.94. The summed E-state index contributed by atoms with van der Waals surface area (Å²) in [7, 11) is 0. The van der Waals surface area contributed by atoms with Gasteiger partial charge in [-0.2, -0.15) is 0 Å². The molecule has 0 saturated carbocycles. The van der Waals surface area contributed by atoms with Gasteiger partial charge >= 0.3 is 6.09 Å². The molecule has 18 heavy (non-hydrogen) atoms. The van der Waals surface area contributed by atoms with Gasteiger partial charge < -0.3 is 15.2 Å². The number of nitrogens with two attached hydrogens (primary N) is 1. The van der Waals surface area contributed by atoms with Gasteiger partial charge in [0.25, 0.3) is 0 Å². The van der Waals surface area contributed by atoms with Crippen molar-refractivity contribution in [2.75, 3.05) is 11.9 Å². The van der Waals surface area contributed by atoms with E-state index in [2.05, 4.69) is 5.32 Å².